The van der Waals surface area contributed by atoms with Crippen molar-refractivity contribution in [2.75, 3.05) is 0 Å². The van der Waals surface area contributed by atoms with E-state index in [0.29, 0.717) is 0 Å². The Morgan fingerprint density at radius 2 is 1.61 bits per heavy atom. The number of aromatic nitrogens is 2. The van der Waals surface area contributed by atoms with Crippen LogP contribution in [0.5, 0.6) is 0 Å². The highest BCUT2D eigenvalue weighted by Crippen LogP contribution is 2.37. The Kier molecular flexibility index (Phi) is 3.48. The van der Waals surface area contributed by atoms with Gasteiger partial charge in [-0.3, -0.25) is 5.10 Å². The first kappa shape index (κ1) is 16.5. The van der Waals surface area contributed by atoms with Crippen molar-refractivity contribution in [3.63, 3.8) is 0 Å². The monoisotopic (exact) mass is 314 g/mol. The minimum atomic E-state index is -0.347. The molecule has 0 unspecified atom stereocenters. The van der Waals surface area contributed by atoms with E-state index in [2.05, 4.69) is 70.8 Å². The normalized spacial score (nSPS) is 20.4. The van der Waals surface area contributed by atoms with Gasteiger partial charge in [0.1, 0.15) is 0 Å². The molecule has 2 heterocycles. The van der Waals surface area contributed by atoms with Crippen LogP contribution in [-0.2, 0) is 14.7 Å². The van der Waals surface area contributed by atoms with Crippen molar-refractivity contribution in [3.8, 4) is 0 Å². The van der Waals surface area contributed by atoms with Gasteiger partial charge in [-0.1, -0.05) is 32.9 Å². The van der Waals surface area contributed by atoms with Crippen molar-refractivity contribution in [1.29, 1.82) is 0 Å². The van der Waals surface area contributed by atoms with Crippen LogP contribution in [0.25, 0.3) is 10.9 Å². The largest absolute Gasteiger partial charge is 0.494 e. The zero-order valence-electron chi connectivity index (χ0n) is 15.5. The summed E-state index contributed by atoms with van der Waals surface area (Å²) in [6.45, 7) is 17.0. The highest BCUT2D eigenvalue weighted by Gasteiger charge is 2.51. The predicted molar refractivity (Wildman–Crippen MR) is 95.2 cm³/mol. The highest BCUT2D eigenvalue weighted by atomic mass is 16.7. The lowest BCUT2D eigenvalue weighted by Gasteiger charge is -2.32. The fraction of sp³-hybridized carbons (Fsp3) is 0.611. The fourth-order valence-corrected chi connectivity index (χ4v) is 2.98. The molecule has 1 aromatic heterocycles. The van der Waals surface area contributed by atoms with Gasteiger partial charge in [-0.2, -0.15) is 5.10 Å². The number of aryl methyl sites for hydroxylation is 1. The van der Waals surface area contributed by atoms with E-state index in [1.807, 2.05) is 6.92 Å². The molecule has 3 rings (SSSR count). The molecule has 0 saturated carbocycles. The number of benzene rings is 1. The average molecular weight is 314 g/mol. The lowest BCUT2D eigenvalue weighted by atomic mass is 9.74. The SMILES string of the molecule is Cc1n[nH]c2c(C(C)(C)C)cc(B3OC(C)(C)C(C)(C)O3)cc12. The molecule has 1 aromatic carbocycles. The zero-order valence-corrected chi connectivity index (χ0v) is 15.5. The van der Waals surface area contributed by atoms with Gasteiger partial charge < -0.3 is 9.31 Å². The number of hydrogen-bond donors (Lipinski definition) is 1. The quantitative estimate of drug-likeness (QED) is 0.820. The summed E-state index contributed by atoms with van der Waals surface area (Å²) in [5.74, 6) is 0. The second kappa shape index (κ2) is 4.84. The lowest BCUT2D eigenvalue weighted by Crippen LogP contribution is -2.41. The molecule has 1 N–H and O–H groups in total. The van der Waals surface area contributed by atoms with E-state index in [1.54, 1.807) is 0 Å². The first-order valence-corrected chi connectivity index (χ1v) is 8.27. The van der Waals surface area contributed by atoms with E-state index >= 15 is 0 Å². The second-order valence-electron chi connectivity index (χ2n) is 8.64. The van der Waals surface area contributed by atoms with Gasteiger partial charge in [-0.25, -0.2) is 0 Å². The van der Waals surface area contributed by atoms with E-state index in [1.165, 1.54) is 5.56 Å². The topological polar surface area (TPSA) is 47.1 Å². The molecule has 5 heteroatoms. The van der Waals surface area contributed by atoms with E-state index < -0.39 is 0 Å². The Labute approximate surface area is 139 Å². The summed E-state index contributed by atoms with van der Waals surface area (Å²) in [5.41, 5.74) is 3.75. The van der Waals surface area contributed by atoms with Crippen LogP contribution in [0.3, 0.4) is 0 Å². The van der Waals surface area contributed by atoms with Crippen LogP contribution in [0.15, 0.2) is 12.1 Å². The van der Waals surface area contributed by atoms with Gasteiger partial charge in [0.05, 0.1) is 22.4 Å². The lowest BCUT2D eigenvalue weighted by molar-refractivity contribution is 0.00578. The summed E-state index contributed by atoms with van der Waals surface area (Å²) in [7, 11) is -0.347. The maximum absolute atomic E-state index is 6.23. The number of nitrogens with zero attached hydrogens (tertiary/aromatic N) is 1. The van der Waals surface area contributed by atoms with Crippen LogP contribution in [-0.4, -0.2) is 28.5 Å². The third-order valence-corrected chi connectivity index (χ3v) is 5.22. The third kappa shape index (κ3) is 2.60. The van der Waals surface area contributed by atoms with Gasteiger partial charge in [0, 0.05) is 5.39 Å². The molecule has 1 saturated heterocycles. The summed E-state index contributed by atoms with van der Waals surface area (Å²) < 4.78 is 12.5. The van der Waals surface area contributed by atoms with Gasteiger partial charge in [-0.05, 0) is 51.1 Å². The van der Waals surface area contributed by atoms with Crippen molar-refractivity contribution < 1.29 is 9.31 Å². The number of aromatic amines is 1. The van der Waals surface area contributed by atoms with Crippen molar-refractivity contribution in [1.82, 2.24) is 10.2 Å². The van der Waals surface area contributed by atoms with Gasteiger partial charge in [0.25, 0.3) is 0 Å². The van der Waals surface area contributed by atoms with E-state index in [4.69, 9.17) is 9.31 Å². The first-order chi connectivity index (χ1) is 10.4. The average Bonchev–Trinajstić information content (AvgIpc) is 2.86. The maximum Gasteiger partial charge on any atom is 0.494 e. The third-order valence-electron chi connectivity index (χ3n) is 5.22. The molecular formula is C18H27BN2O2. The highest BCUT2D eigenvalue weighted by molar-refractivity contribution is 6.62. The minimum Gasteiger partial charge on any atom is -0.399 e. The molecule has 1 fully saturated rings. The Morgan fingerprint density at radius 3 is 2.13 bits per heavy atom. The second-order valence-corrected chi connectivity index (χ2v) is 8.64. The van der Waals surface area contributed by atoms with Crippen LogP contribution in [0.4, 0.5) is 0 Å². The smallest absolute Gasteiger partial charge is 0.399 e. The van der Waals surface area contributed by atoms with Crippen LogP contribution in [0, 0.1) is 6.92 Å². The number of rotatable bonds is 1. The first-order valence-electron chi connectivity index (χ1n) is 8.27. The van der Waals surface area contributed by atoms with E-state index in [0.717, 1.165) is 22.1 Å². The molecule has 2 aromatic rings. The summed E-state index contributed by atoms with van der Waals surface area (Å²) in [5, 5.41) is 8.71. The molecule has 0 aliphatic carbocycles. The van der Waals surface area contributed by atoms with Crippen LogP contribution in [0.2, 0.25) is 0 Å². The molecule has 1 aliphatic heterocycles. The number of nitrogens with one attached hydrogen (secondary N) is 1. The molecule has 0 spiro atoms. The molecule has 0 atom stereocenters. The van der Waals surface area contributed by atoms with Gasteiger partial charge in [0.2, 0.25) is 0 Å². The summed E-state index contributed by atoms with van der Waals surface area (Å²) in [4.78, 5) is 0. The van der Waals surface area contributed by atoms with Crippen molar-refractivity contribution >= 4 is 23.5 Å². The maximum atomic E-state index is 6.23. The number of hydrogen-bond acceptors (Lipinski definition) is 3. The Bertz CT molecular complexity index is 740. The molecule has 0 radical (unpaired) electrons. The van der Waals surface area contributed by atoms with Crippen LogP contribution in [0.1, 0.15) is 59.7 Å². The molecule has 4 nitrogen and oxygen atoms in total. The summed E-state index contributed by atoms with van der Waals surface area (Å²) in [6.07, 6.45) is 0. The zero-order chi connectivity index (χ0) is 17.2. The number of H-pyrrole nitrogens is 1. The van der Waals surface area contributed by atoms with Crippen molar-refractivity contribution in [2.45, 2.75) is 72.0 Å². The van der Waals surface area contributed by atoms with E-state index in [9.17, 15) is 0 Å². The molecule has 124 valence electrons. The Balaban J connectivity index is 2.15. The minimum absolute atomic E-state index is 0.0108. The molecular weight excluding hydrogens is 287 g/mol. The van der Waals surface area contributed by atoms with Crippen LogP contribution >= 0.6 is 0 Å². The fourth-order valence-electron chi connectivity index (χ4n) is 2.98. The van der Waals surface area contributed by atoms with Crippen molar-refractivity contribution in [2.24, 2.45) is 0 Å². The van der Waals surface area contributed by atoms with Crippen LogP contribution < -0.4 is 5.46 Å². The number of fused-ring (bicyclic) bond motifs is 1. The van der Waals surface area contributed by atoms with Gasteiger partial charge >= 0.3 is 7.12 Å². The Morgan fingerprint density at radius 1 is 1.04 bits per heavy atom. The predicted octanol–water partition coefficient (Wildman–Crippen LogP) is 3.47. The molecule has 0 amide bonds. The summed E-state index contributed by atoms with van der Waals surface area (Å²) >= 11 is 0. The van der Waals surface area contributed by atoms with E-state index in [-0.39, 0.29) is 23.7 Å². The van der Waals surface area contributed by atoms with Gasteiger partial charge in [-0.15, -0.1) is 0 Å². The molecule has 0 bridgehead atoms. The van der Waals surface area contributed by atoms with Gasteiger partial charge in [0.15, 0.2) is 0 Å². The standard InChI is InChI=1S/C18H27BN2O2/c1-11-13-9-12(19-22-17(5,6)18(7,8)23-19)10-14(16(2,3)4)15(13)21-20-11/h9-10H,1-8H3,(H,20,21). The molecule has 23 heavy (non-hydrogen) atoms. The van der Waals surface area contributed by atoms with Crippen molar-refractivity contribution in [3.05, 3.63) is 23.4 Å². The molecule has 1 aliphatic rings. The Hall–Kier alpha value is -1.33. The summed E-state index contributed by atoms with van der Waals surface area (Å²) in [6, 6.07) is 4.34.